The molecule has 14 heavy (non-hydrogen) atoms. The lowest BCUT2D eigenvalue weighted by atomic mass is 10.1. The lowest BCUT2D eigenvalue weighted by Crippen LogP contribution is -2.27. The minimum Gasteiger partial charge on any atom is -0.271 e. The van der Waals surface area contributed by atoms with E-state index in [0.717, 1.165) is 10.0 Å². The van der Waals surface area contributed by atoms with Gasteiger partial charge in [-0.25, -0.2) is 0 Å². The summed E-state index contributed by atoms with van der Waals surface area (Å²) in [5.41, 5.74) is 3.63. The maximum absolute atomic E-state index is 5.90. The molecular formula is C10H10BrClN2. The molecule has 3 N–H and O–H groups in total. The van der Waals surface area contributed by atoms with Crippen molar-refractivity contribution < 1.29 is 0 Å². The van der Waals surface area contributed by atoms with Crippen LogP contribution in [0.4, 0.5) is 0 Å². The fourth-order valence-electron chi connectivity index (χ4n) is 1.17. The first-order valence-corrected chi connectivity index (χ1v) is 5.20. The second-order valence-corrected chi connectivity index (χ2v) is 4.18. The molecule has 1 aromatic rings. The molecule has 1 aromatic carbocycles. The third-order valence-corrected chi connectivity index (χ3v) is 2.49. The van der Waals surface area contributed by atoms with Crippen LogP contribution in [0.15, 0.2) is 22.7 Å². The van der Waals surface area contributed by atoms with Crippen LogP contribution in [0.25, 0.3) is 0 Å². The molecule has 0 saturated carbocycles. The van der Waals surface area contributed by atoms with Gasteiger partial charge in [-0.05, 0) is 23.8 Å². The van der Waals surface area contributed by atoms with Gasteiger partial charge in [-0.2, -0.15) is 0 Å². The predicted octanol–water partition coefficient (Wildman–Crippen LogP) is 2.63. The number of nitrogens with two attached hydrogens (primary N) is 1. The number of benzene rings is 1. The summed E-state index contributed by atoms with van der Waals surface area (Å²) in [5.74, 6) is 7.94. The molecule has 1 rings (SSSR count). The molecule has 4 heteroatoms. The van der Waals surface area contributed by atoms with Crippen LogP contribution in [0.3, 0.4) is 0 Å². The molecule has 0 radical (unpaired) electrons. The van der Waals surface area contributed by atoms with Gasteiger partial charge in [-0.1, -0.05) is 27.5 Å². The van der Waals surface area contributed by atoms with E-state index in [1.54, 1.807) is 0 Å². The quantitative estimate of drug-likeness (QED) is 0.505. The highest BCUT2D eigenvalue weighted by Gasteiger charge is 2.09. The molecule has 0 spiro atoms. The zero-order valence-electron chi connectivity index (χ0n) is 7.43. The van der Waals surface area contributed by atoms with Gasteiger partial charge >= 0.3 is 0 Å². The van der Waals surface area contributed by atoms with Crippen molar-refractivity contribution in [3.05, 3.63) is 33.3 Å². The standard InChI is InChI=1S/C10H10BrClN2/c1-2-3-10(14-13)7-4-8(11)6-9(12)5-7/h1,4-6,10,14H,3,13H2. The molecule has 0 aliphatic carbocycles. The Morgan fingerprint density at radius 3 is 2.79 bits per heavy atom. The average Bonchev–Trinajstić information content (AvgIpc) is 2.12. The van der Waals surface area contributed by atoms with Gasteiger partial charge in [-0.15, -0.1) is 12.3 Å². The molecule has 0 saturated heterocycles. The van der Waals surface area contributed by atoms with E-state index in [2.05, 4.69) is 27.3 Å². The van der Waals surface area contributed by atoms with E-state index in [-0.39, 0.29) is 6.04 Å². The Morgan fingerprint density at radius 1 is 1.57 bits per heavy atom. The molecule has 1 unspecified atom stereocenters. The van der Waals surface area contributed by atoms with Gasteiger partial charge in [0.2, 0.25) is 0 Å². The van der Waals surface area contributed by atoms with Crippen LogP contribution in [-0.2, 0) is 0 Å². The van der Waals surface area contributed by atoms with Crippen molar-refractivity contribution in [1.29, 1.82) is 0 Å². The van der Waals surface area contributed by atoms with Gasteiger partial charge in [0.1, 0.15) is 0 Å². The lowest BCUT2D eigenvalue weighted by Gasteiger charge is -2.13. The molecule has 0 aliphatic rings. The fraction of sp³-hybridized carbons (Fsp3) is 0.200. The Kier molecular flexibility index (Phi) is 4.43. The summed E-state index contributed by atoms with van der Waals surface area (Å²) in [6.45, 7) is 0. The zero-order chi connectivity index (χ0) is 10.6. The van der Waals surface area contributed by atoms with Gasteiger partial charge in [0.15, 0.2) is 0 Å². The molecule has 0 aromatic heterocycles. The van der Waals surface area contributed by atoms with Gasteiger partial charge in [-0.3, -0.25) is 11.3 Å². The monoisotopic (exact) mass is 272 g/mol. The van der Waals surface area contributed by atoms with Crippen LogP contribution in [0.1, 0.15) is 18.0 Å². The Morgan fingerprint density at radius 2 is 2.29 bits per heavy atom. The summed E-state index contributed by atoms with van der Waals surface area (Å²) in [4.78, 5) is 0. The SMILES string of the molecule is C#CCC(NN)c1cc(Cl)cc(Br)c1. The van der Waals surface area contributed by atoms with Gasteiger partial charge < -0.3 is 0 Å². The van der Waals surface area contributed by atoms with E-state index >= 15 is 0 Å². The number of hydrogen-bond acceptors (Lipinski definition) is 2. The van der Waals surface area contributed by atoms with Crippen LogP contribution in [0, 0.1) is 12.3 Å². The van der Waals surface area contributed by atoms with E-state index in [0.29, 0.717) is 11.4 Å². The summed E-state index contributed by atoms with van der Waals surface area (Å²) in [7, 11) is 0. The molecule has 0 heterocycles. The fourth-order valence-corrected chi connectivity index (χ4v) is 2.05. The molecule has 0 aliphatic heterocycles. The van der Waals surface area contributed by atoms with Crippen molar-refractivity contribution in [1.82, 2.24) is 5.43 Å². The van der Waals surface area contributed by atoms with E-state index in [9.17, 15) is 0 Å². The van der Waals surface area contributed by atoms with Crippen LogP contribution >= 0.6 is 27.5 Å². The van der Waals surface area contributed by atoms with Gasteiger partial charge in [0.25, 0.3) is 0 Å². The largest absolute Gasteiger partial charge is 0.271 e. The smallest absolute Gasteiger partial charge is 0.0570 e. The Labute approximate surface area is 96.9 Å². The lowest BCUT2D eigenvalue weighted by molar-refractivity contribution is 0.568. The molecular weight excluding hydrogens is 263 g/mol. The van der Waals surface area contributed by atoms with Crippen LogP contribution in [0.5, 0.6) is 0 Å². The Balaban J connectivity index is 2.98. The number of nitrogens with one attached hydrogen (secondary N) is 1. The third kappa shape index (κ3) is 3.00. The topological polar surface area (TPSA) is 38.0 Å². The average molecular weight is 274 g/mol. The van der Waals surface area contributed by atoms with E-state index in [4.69, 9.17) is 23.9 Å². The Bertz CT molecular complexity index is 339. The molecule has 0 fully saturated rings. The molecule has 2 nitrogen and oxygen atoms in total. The van der Waals surface area contributed by atoms with Crippen molar-refractivity contribution in [2.24, 2.45) is 5.84 Å². The summed E-state index contributed by atoms with van der Waals surface area (Å²) >= 11 is 9.26. The first-order valence-electron chi connectivity index (χ1n) is 4.03. The van der Waals surface area contributed by atoms with Crippen molar-refractivity contribution in [3.8, 4) is 12.3 Å². The minimum atomic E-state index is -0.0602. The minimum absolute atomic E-state index is 0.0602. The maximum atomic E-state index is 5.90. The second kappa shape index (κ2) is 5.38. The van der Waals surface area contributed by atoms with E-state index in [1.807, 2.05) is 18.2 Å². The summed E-state index contributed by atoms with van der Waals surface area (Å²) in [5, 5.41) is 0.659. The number of terminal acetylenes is 1. The highest BCUT2D eigenvalue weighted by atomic mass is 79.9. The first kappa shape index (κ1) is 11.5. The zero-order valence-corrected chi connectivity index (χ0v) is 9.77. The van der Waals surface area contributed by atoms with Crippen molar-refractivity contribution in [2.75, 3.05) is 0 Å². The highest BCUT2D eigenvalue weighted by Crippen LogP contribution is 2.24. The van der Waals surface area contributed by atoms with Crippen LogP contribution in [-0.4, -0.2) is 0 Å². The number of hydrogen-bond donors (Lipinski definition) is 2. The van der Waals surface area contributed by atoms with Crippen LogP contribution < -0.4 is 11.3 Å². The summed E-state index contributed by atoms with van der Waals surface area (Å²) in [6.07, 6.45) is 5.76. The molecule has 1 atom stereocenters. The number of halogens is 2. The Hall–Kier alpha value is -0.530. The maximum Gasteiger partial charge on any atom is 0.0570 e. The van der Waals surface area contributed by atoms with Crippen molar-refractivity contribution in [2.45, 2.75) is 12.5 Å². The third-order valence-electron chi connectivity index (χ3n) is 1.81. The highest BCUT2D eigenvalue weighted by molar-refractivity contribution is 9.10. The first-order chi connectivity index (χ1) is 6.67. The summed E-state index contributed by atoms with van der Waals surface area (Å²) in [6, 6.07) is 5.53. The predicted molar refractivity (Wildman–Crippen MR) is 62.7 cm³/mol. The molecule has 74 valence electrons. The number of rotatable bonds is 3. The van der Waals surface area contributed by atoms with E-state index < -0.39 is 0 Å². The van der Waals surface area contributed by atoms with E-state index in [1.165, 1.54) is 0 Å². The molecule has 0 amide bonds. The summed E-state index contributed by atoms with van der Waals surface area (Å²) < 4.78 is 0.914. The molecule has 0 bridgehead atoms. The normalized spacial score (nSPS) is 12.1. The van der Waals surface area contributed by atoms with Gasteiger partial charge in [0.05, 0.1) is 6.04 Å². The van der Waals surface area contributed by atoms with Gasteiger partial charge in [0, 0.05) is 15.9 Å². The van der Waals surface area contributed by atoms with Crippen molar-refractivity contribution in [3.63, 3.8) is 0 Å². The number of hydrazine groups is 1. The van der Waals surface area contributed by atoms with Crippen molar-refractivity contribution >= 4 is 27.5 Å². The second-order valence-electron chi connectivity index (χ2n) is 2.83. The van der Waals surface area contributed by atoms with Crippen LogP contribution in [0.2, 0.25) is 5.02 Å².